The van der Waals surface area contributed by atoms with Crippen LogP contribution in [0.2, 0.25) is 5.02 Å². The highest BCUT2D eigenvalue weighted by atomic mass is 79.9. The second-order valence-electron chi connectivity index (χ2n) is 7.22. The first-order valence-electron chi connectivity index (χ1n) is 8.47. The Bertz CT molecular complexity index is 832. The number of halogens is 2. The van der Waals surface area contributed by atoms with E-state index in [1.165, 1.54) is 11.1 Å². The van der Waals surface area contributed by atoms with E-state index in [1.807, 2.05) is 18.3 Å². The zero-order valence-electron chi connectivity index (χ0n) is 13.8. The molecule has 3 heterocycles. The van der Waals surface area contributed by atoms with Gasteiger partial charge in [0.2, 0.25) is 0 Å². The number of hydrogen-bond acceptors (Lipinski definition) is 4. The molecule has 1 aromatic carbocycles. The molecular weight excluding hydrogens is 404 g/mol. The minimum atomic E-state index is 0.0727. The van der Waals surface area contributed by atoms with Crippen molar-refractivity contribution >= 4 is 33.3 Å². The van der Waals surface area contributed by atoms with Gasteiger partial charge in [-0.15, -0.1) is 0 Å². The lowest BCUT2D eigenvalue weighted by Gasteiger charge is -2.27. The maximum Gasteiger partial charge on any atom is 0.134 e. The van der Waals surface area contributed by atoms with Gasteiger partial charge in [0.05, 0.1) is 28.8 Å². The van der Waals surface area contributed by atoms with Gasteiger partial charge >= 0.3 is 0 Å². The highest BCUT2D eigenvalue weighted by Gasteiger charge is 2.60. The molecule has 130 valence electrons. The number of nitrogens with zero attached hydrogens (tertiary/aromatic N) is 2. The summed E-state index contributed by atoms with van der Waals surface area (Å²) in [6.07, 6.45) is 4.71. The van der Waals surface area contributed by atoms with Gasteiger partial charge in [-0.3, -0.25) is 0 Å². The van der Waals surface area contributed by atoms with E-state index in [0.717, 1.165) is 47.0 Å². The summed E-state index contributed by atoms with van der Waals surface area (Å²) in [6, 6.07) is 8.23. The van der Waals surface area contributed by atoms with Crippen molar-refractivity contribution in [3.63, 3.8) is 0 Å². The Balaban J connectivity index is 1.51. The Hall–Kier alpha value is -1.30. The number of aromatic nitrogens is 1. The molecule has 2 atom stereocenters. The van der Waals surface area contributed by atoms with Crippen LogP contribution in [0.15, 0.2) is 34.9 Å². The van der Waals surface area contributed by atoms with E-state index in [4.69, 9.17) is 26.1 Å². The molecule has 0 radical (unpaired) electrons. The molecule has 0 amide bonds. The predicted molar refractivity (Wildman–Crippen MR) is 101 cm³/mol. The lowest BCUT2D eigenvalue weighted by atomic mass is 9.81. The van der Waals surface area contributed by atoms with Crippen LogP contribution in [0.4, 0.5) is 5.82 Å². The molecule has 5 rings (SSSR count). The van der Waals surface area contributed by atoms with Crippen molar-refractivity contribution in [2.24, 2.45) is 0 Å². The van der Waals surface area contributed by atoms with Crippen LogP contribution in [-0.2, 0) is 16.7 Å². The number of hydrogen-bond donors (Lipinski definition) is 0. The molecule has 1 saturated carbocycles. The molecule has 2 fully saturated rings. The van der Waals surface area contributed by atoms with Crippen LogP contribution in [0, 0.1) is 0 Å². The number of rotatable bonds is 3. The van der Waals surface area contributed by atoms with Gasteiger partial charge in [0.15, 0.2) is 0 Å². The third-order valence-corrected chi connectivity index (χ3v) is 6.90. The predicted octanol–water partition coefficient (Wildman–Crippen LogP) is 4.33. The van der Waals surface area contributed by atoms with E-state index < -0.39 is 0 Å². The molecule has 3 aliphatic rings. The average molecular weight is 422 g/mol. The number of benzene rings is 1. The van der Waals surface area contributed by atoms with Gasteiger partial charge in [0, 0.05) is 30.3 Å². The molecule has 0 bridgehead atoms. The van der Waals surface area contributed by atoms with Gasteiger partial charge in [-0.25, -0.2) is 4.98 Å². The molecule has 2 aromatic rings. The zero-order chi connectivity index (χ0) is 17.2. The van der Waals surface area contributed by atoms with Gasteiger partial charge in [-0.2, -0.15) is 0 Å². The van der Waals surface area contributed by atoms with E-state index in [2.05, 4.69) is 33.0 Å². The van der Waals surface area contributed by atoms with E-state index in [0.29, 0.717) is 12.2 Å². The SMILES string of the molecule is COc1ccc(CN2CC3(CC4OC4C3)c3c2ncc(Br)c3Cl)cc1. The number of anilines is 1. The fourth-order valence-electron chi connectivity index (χ4n) is 4.49. The van der Waals surface area contributed by atoms with Crippen LogP contribution in [0.25, 0.3) is 0 Å². The third-order valence-electron chi connectivity index (χ3n) is 5.68. The largest absolute Gasteiger partial charge is 0.497 e. The molecule has 1 spiro atoms. The van der Waals surface area contributed by atoms with Crippen molar-refractivity contribution in [1.82, 2.24) is 4.98 Å². The monoisotopic (exact) mass is 420 g/mol. The van der Waals surface area contributed by atoms with Crippen molar-refractivity contribution in [1.29, 1.82) is 0 Å². The Kier molecular flexibility index (Phi) is 3.56. The maximum absolute atomic E-state index is 6.71. The summed E-state index contributed by atoms with van der Waals surface area (Å²) >= 11 is 10.3. The number of fused-ring (bicyclic) bond motifs is 3. The molecule has 25 heavy (non-hydrogen) atoms. The first-order chi connectivity index (χ1) is 12.1. The standard InChI is InChI=1S/C19H18BrClN2O2/c1-24-12-4-2-11(3-5-12)9-23-10-19(6-14-15(7-19)25-14)16-17(21)13(20)8-22-18(16)23/h2-5,8,14-15H,6-7,9-10H2,1H3. The van der Waals surface area contributed by atoms with E-state index in [-0.39, 0.29) is 5.41 Å². The van der Waals surface area contributed by atoms with Crippen LogP contribution in [0.1, 0.15) is 24.0 Å². The summed E-state index contributed by atoms with van der Waals surface area (Å²) < 4.78 is 11.8. The fourth-order valence-corrected chi connectivity index (χ4v) is 5.13. The summed E-state index contributed by atoms with van der Waals surface area (Å²) in [6.45, 7) is 1.77. The maximum atomic E-state index is 6.71. The Morgan fingerprint density at radius 3 is 2.72 bits per heavy atom. The van der Waals surface area contributed by atoms with Crippen molar-refractivity contribution in [2.75, 3.05) is 18.6 Å². The topological polar surface area (TPSA) is 37.9 Å². The van der Waals surface area contributed by atoms with E-state index in [1.54, 1.807) is 7.11 Å². The van der Waals surface area contributed by atoms with Gasteiger partial charge in [0.1, 0.15) is 11.6 Å². The lowest BCUT2D eigenvalue weighted by molar-refractivity contribution is 0.251. The van der Waals surface area contributed by atoms with Gasteiger partial charge in [-0.05, 0) is 46.5 Å². The Morgan fingerprint density at radius 1 is 1.32 bits per heavy atom. The van der Waals surface area contributed by atoms with Crippen LogP contribution >= 0.6 is 27.5 Å². The molecule has 2 unspecified atom stereocenters. The average Bonchev–Trinajstić information content (AvgIpc) is 3.12. The smallest absolute Gasteiger partial charge is 0.134 e. The molecule has 2 aliphatic heterocycles. The summed E-state index contributed by atoms with van der Waals surface area (Å²) in [5.41, 5.74) is 2.51. The minimum Gasteiger partial charge on any atom is -0.497 e. The summed E-state index contributed by atoms with van der Waals surface area (Å²) in [5, 5.41) is 0.809. The molecule has 0 N–H and O–H groups in total. The number of ether oxygens (including phenoxy) is 2. The van der Waals surface area contributed by atoms with E-state index >= 15 is 0 Å². The lowest BCUT2D eigenvalue weighted by Crippen LogP contribution is -2.33. The second kappa shape index (κ2) is 5.60. The quantitative estimate of drug-likeness (QED) is 0.692. The number of pyridine rings is 1. The first kappa shape index (κ1) is 15.9. The fraction of sp³-hybridized carbons (Fsp3) is 0.421. The normalized spacial score (nSPS) is 29.0. The molecule has 4 nitrogen and oxygen atoms in total. The third kappa shape index (κ3) is 2.47. The molecule has 1 aliphatic carbocycles. The molecule has 1 aromatic heterocycles. The minimum absolute atomic E-state index is 0.0727. The highest BCUT2D eigenvalue weighted by Crippen LogP contribution is 2.58. The van der Waals surface area contributed by atoms with Gasteiger partial charge in [0.25, 0.3) is 0 Å². The molecular formula is C19H18BrClN2O2. The van der Waals surface area contributed by atoms with Crippen LogP contribution in [0.3, 0.4) is 0 Å². The van der Waals surface area contributed by atoms with Crippen LogP contribution in [-0.4, -0.2) is 30.8 Å². The number of epoxide rings is 1. The second-order valence-corrected chi connectivity index (χ2v) is 8.46. The highest BCUT2D eigenvalue weighted by molar-refractivity contribution is 9.10. The van der Waals surface area contributed by atoms with Crippen molar-refractivity contribution in [3.05, 3.63) is 51.1 Å². The van der Waals surface area contributed by atoms with Crippen molar-refractivity contribution in [3.8, 4) is 5.75 Å². The van der Waals surface area contributed by atoms with Crippen molar-refractivity contribution in [2.45, 2.75) is 37.0 Å². The van der Waals surface area contributed by atoms with Crippen LogP contribution in [0.5, 0.6) is 5.75 Å². The summed E-state index contributed by atoms with van der Waals surface area (Å²) in [4.78, 5) is 7.08. The molecule has 6 heteroatoms. The Labute approximate surface area is 160 Å². The van der Waals surface area contributed by atoms with Gasteiger partial charge in [-0.1, -0.05) is 23.7 Å². The summed E-state index contributed by atoms with van der Waals surface area (Å²) in [7, 11) is 1.69. The van der Waals surface area contributed by atoms with Crippen LogP contribution < -0.4 is 9.64 Å². The number of methoxy groups -OCH3 is 1. The first-order valence-corrected chi connectivity index (χ1v) is 9.64. The van der Waals surface area contributed by atoms with E-state index in [9.17, 15) is 0 Å². The Morgan fingerprint density at radius 2 is 2.04 bits per heavy atom. The zero-order valence-corrected chi connectivity index (χ0v) is 16.2. The summed E-state index contributed by atoms with van der Waals surface area (Å²) in [5.74, 6) is 1.89. The molecule has 1 saturated heterocycles. The van der Waals surface area contributed by atoms with Crippen molar-refractivity contribution < 1.29 is 9.47 Å². The van der Waals surface area contributed by atoms with Gasteiger partial charge < -0.3 is 14.4 Å².